The normalized spacial score (nSPS) is 17.6. The Morgan fingerprint density at radius 3 is 3.00 bits per heavy atom. The van der Waals surface area contributed by atoms with Crippen LogP contribution in [0.4, 0.5) is 0 Å². The van der Waals surface area contributed by atoms with E-state index in [9.17, 15) is 0 Å². The van der Waals surface area contributed by atoms with Crippen LogP contribution >= 0.6 is 0 Å². The van der Waals surface area contributed by atoms with Crippen molar-refractivity contribution in [3.8, 4) is 0 Å². The molecule has 0 amide bonds. The second-order valence-electron chi connectivity index (χ2n) is 3.89. The van der Waals surface area contributed by atoms with Gasteiger partial charge in [-0.15, -0.1) is 0 Å². The molecule has 1 aliphatic rings. The van der Waals surface area contributed by atoms with E-state index in [-0.39, 0.29) is 0 Å². The maximum atomic E-state index is 3.25. The lowest BCUT2D eigenvalue weighted by atomic mass is 9.93. The third-order valence-corrected chi connectivity index (χ3v) is 2.58. The van der Waals surface area contributed by atoms with Crippen molar-refractivity contribution in [3.63, 3.8) is 0 Å². The molecule has 1 aliphatic carbocycles. The van der Waals surface area contributed by atoms with E-state index in [1.54, 1.807) is 0 Å². The van der Waals surface area contributed by atoms with Gasteiger partial charge in [0.2, 0.25) is 0 Å². The highest BCUT2D eigenvalue weighted by Crippen LogP contribution is 2.25. The van der Waals surface area contributed by atoms with Crippen LogP contribution < -0.4 is 0 Å². The van der Waals surface area contributed by atoms with Crippen LogP contribution in [-0.4, -0.2) is 0 Å². The van der Waals surface area contributed by atoms with E-state index in [2.05, 4.69) is 49.8 Å². The summed E-state index contributed by atoms with van der Waals surface area (Å²) in [6, 6.07) is 11.4. The molecule has 0 fully saturated rings. The average molecular weight is 208 g/mol. The summed E-state index contributed by atoms with van der Waals surface area (Å²) in [5.41, 5.74) is 3.70. The van der Waals surface area contributed by atoms with Crippen LogP contribution in [0.1, 0.15) is 25.3 Å². The van der Waals surface area contributed by atoms with E-state index >= 15 is 0 Å². The van der Waals surface area contributed by atoms with Gasteiger partial charge in [-0.25, -0.2) is 0 Å². The van der Waals surface area contributed by atoms with Gasteiger partial charge < -0.3 is 0 Å². The molecule has 16 heavy (non-hydrogen) atoms. The van der Waals surface area contributed by atoms with Gasteiger partial charge >= 0.3 is 0 Å². The van der Waals surface area contributed by atoms with Gasteiger partial charge in [0.25, 0.3) is 0 Å². The van der Waals surface area contributed by atoms with Crippen LogP contribution in [0.5, 0.6) is 0 Å². The van der Waals surface area contributed by atoms with E-state index in [0.717, 1.165) is 12.0 Å². The molecule has 0 N–H and O–H groups in total. The van der Waals surface area contributed by atoms with Crippen molar-refractivity contribution in [2.45, 2.75) is 19.8 Å². The highest BCUT2D eigenvalue weighted by Gasteiger charge is 2.06. The summed E-state index contributed by atoms with van der Waals surface area (Å²) >= 11 is 0. The molecular weight excluding hydrogens is 192 g/mol. The predicted octanol–water partition coefficient (Wildman–Crippen LogP) is 4.37. The van der Waals surface area contributed by atoms with E-state index < -0.39 is 0 Å². The van der Waals surface area contributed by atoms with Crippen LogP contribution in [0.2, 0.25) is 0 Å². The minimum Gasteiger partial charge on any atom is -0.0807 e. The Morgan fingerprint density at radius 2 is 2.25 bits per heavy atom. The first kappa shape index (κ1) is 10.9. The molecule has 0 heterocycles. The average Bonchev–Trinajstić information content (AvgIpc) is 2.38. The Morgan fingerprint density at radius 1 is 1.31 bits per heavy atom. The first-order valence-corrected chi connectivity index (χ1v) is 5.80. The molecule has 2 rings (SSSR count). The summed E-state index contributed by atoms with van der Waals surface area (Å²) in [4.78, 5) is 0. The Kier molecular flexibility index (Phi) is 3.76. The number of hydrogen-bond donors (Lipinski definition) is 0. The van der Waals surface area contributed by atoms with Crippen LogP contribution in [-0.2, 0) is 0 Å². The number of benzene rings is 1. The molecule has 0 saturated carbocycles. The second kappa shape index (κ2) is 5.50. The quantitative estimate of drug-likeness (QED) is 0.692. The molecular formula is C16H16. The van der Waals surface area contributed by atoms with E-state index in [0.29, 0.717) is 0 Å². The zero-order valence-electron chi connectivity index (χ0n) is 9.61. The Bertz CT molecular complexity index is 419. The number of hydrogen-bond acceptors (Lipinski definition) is 0. The molecule has 0 bridgehead atoms. The lowest BCUT2D eigenvalue weighted by Gasteiger charge is -2.11. The minimum absolute atomic E-state index is 1.14. The van der Waals surface area contributed by atoms with Crippen molar-refractivity contribution < 1.29 is 0 Å². The molecule has 0 aliphatic heterocycles. The van der Waals surface area contributed by atoms with Crippen LogP contribution in [0.15, 0.2) is 54.1 Å². The fourth-order valence-electron chi connectivity index (χ4n) is 1.72. The maximum absolute atomic E-state index is 3.25. The van der Waals surface area contributed by atoms with E-state index in [1.165, 1.54) is 17.6 Å². The Balaban J connectivity index is 2.14. The monoisotopic (exact) mass is 208 g/mol. The van der Waals surface area contributed by atoms with Gasteiger partial charge in [0.1, 0.15) is 0 Å². The molecule has 80 valence electrons. The van der Waals surface area contributed by atoms with Gasteiger partial charge in [-0.1, -0.05) is 61.9 Å². The summed E-state index contributed by atoms with van der Waals surface area (Å²) in [6.45, 7) is 2.20. The molecule has 2 radical (unpaired) electrons. The molecule has 0 saturated heterocycles. The molecule has 0 heteroatoms. The Labute approximate surface area is 98.0 Å². The molecule has 0 nitrogen and oxygen atoms in total. The molecule has 0 atom stereocenters. The number of allylic oxidation sites excluding steroid dienone is 6. The smallest absolute Gasteiger partial charge is 0.0202 e. The van der Waals surface area contributed by atoms with Crippen molar-refractivity contribution in [2.75, 3.05) is 0 Å². The summed E-state index contributed by atoms with van der Waals surface area (Å²) < 4.78 is 0. The third kappa shape index (κ3) is 2.73. The van der Waals surface area contributed by atoms with Crippen molar-refractivity contribution >= 4 is 5.57 Å². The van der Waals surface area contributed by atoms with Crippen molar-refractivity contribution in [3.05, 3.63) is 72.2 Å². The van der Waals surface area contributed by atoms with Gasteiger partial charge in [0.05, 0.1) is 0 Å². The minimum atomic E-state index is 1.14. The first-order valence-electron chi connectivity index (χ1n) is 5.80. The SMILES string of the molecule is CCCC=C1[CH]C(c2[c]cccc2)=CC=C1. The van der Waals surface area contributed by atoms with E-state index in [1.807, 2.05) is 18.2 Å². The van der Waals surface area contributed by atoms with Gasteiger partial charge in [-0.2, -0.15) is 0 Å². The van der Waals surface area contributed by atoms with Crippen molar-refractivity contribution in [2.24, 2.45) is 0 Å². The molecule has 0 aromatic heterocycles. The zero-order chi connectivity index (χ0) is 11.2. The molecule has 1 aromatic carbocycles. The van der Waals surface area contributed by atoms with Gasteiger partial charge in [0, 0.05) is 6.42 Å². The van der Waals surface area contributed by atoms with Gasteiger partial charge in [-0.05, 0) is 29.2 Å². The fourth-order valence-corrected chi connectivity index (χ4v) is 1.72. The lowest BCUT2D eigenvalue weighted by Crippen LogP contribution is -1.92. The Hall–Kier alpha value is -1.56. The van der Waals surface area contributed by atoms with Crippen molar-refractivity contribution in [1.29, 1.82) is 0 Å². The summed E-state index contributed by atoms with van der Waals surface area (Å²) in [5, 5.41) is 0. The number of unbranched alkanes of at least 4 members (excludes halogenated alkanes) is 1. The summed E-state index contributed by atoms with van der Waals surface area (Å²) in [5.74, 6) is 0. The highest BCUT2D eigenvalue weighted by molar-refractivity contribution is 5.78. The maximum Gasteiger partial charge on any atom is 0.0202 e. The summed E-state index contributed by atoms with van der Waals surface area (Å²) in [7, 11) is 0. The molecule has 0 unspecified atom stereocenters. The second-order valence-corrected chi connectivity index (χ2v) is 3.89. The van der Waals surface area contributed by atoms with Gasteiger partial charge in [-0.3, -0.25) is 0 Å². The zero-order valence-corrected chi connectivity index (χ0v) is 9.61. The third-order valence-electron chi connectivity index (χ3n) is 2.58. The largest absolute Gasteiger partial charge is 0.0807 e. The van der Waals surface area contributed by atoms with Crippen LogP contribution in [0, 0.1) is 12.5 Å². The highest BCUT2D eigenvalue weighted by atomic mass is 14.1. The van der Waals surface area contributed by atoms with E-state index in [4.69, 9.17) is 0 Å². The first-order chi connectivity index (χ1) is 7.90. The standard InChI is InChI=1S/C16H16/c1-2-3-8-14-9-7-12-16(13-14)15-10-5-4-6-11-15/h4-10,12-13H,2-3H2,1H3. The van der Waals surface area contributed by atoms with Gasteiger partial charge in [0.15, 0.2) is 0 Å². The van der Waals surface area contributed by atoms with Crippen molar-refractivity contribution in [1.82, 2.24) is 0 Å². The summed E-state index contributed by atoms with van der Waals surface area (Å²) in [6.07, 6.45) is 13.2. The topological polar surface area (TPSA) is 0 Å². The fraction of sp³-hybridized carbons (Fsp3) is 0.188. The van der Waals surface area contributed by atoms with Crippen LogP contribution in [0.3, 0.4) is 0 Å². The predicted molar refractivity (Wildman–Crippen MR) is 69.7 cm³/mol. The molecule has 0 spiro atoms. The number of rotatable bonds is 3. The van der Waals surface area contributed by atoms with Crippen LogP contribution in [0.25, 0.3) is 5.57 Å². The molecule has 1 aromatic rings. The lowest BCUT2D eigenvalue weighted by molar-refractivity contribution is 0.953.